The molecular weight excluding hydrogens is 348 g/mol. The Morgan fingerprint density at radius 3 is 1.96 bits per heavy atom. The summed E-state index contributed by atoms with van der Waals surface area (Å²) >= 11 is 6.41. The average Bonchev–Trinajstić information content (AvgIpc) is 3.46. The third kappa shape index (κ3) is 2.53. The van der Waals surface area contributed by atoms with E-state index in [9.17, 15) is 0 Å². The second kappa shape index (κ2) is 6.06. The van der Waals surface area contributed by atoms with E-state index in [2.05, 4.69) is 56.6 Å². The predicted molar refractivity (Wildman–Crippen MR) is 108 cm³/mol. The number of aromatic nitrogens is 2. The van der Waals surface area contributed by atoms with E-state index in [4.69, 9.17) is 21.6 Å². The minimum atomic E-state index is 0.307. The van der Waals surface area contributed by atoms with Gasteiger partial charge in [0.15, 0.2) is 11.5 Å². The van der Waals surface area contributed by atoms with Crippen LogP contribution in [0.1, 0.15) is 53.4 Å². The van der Waals surface area contributed by atoms with Crippen LogP contribution < -0.4 is 9.38 Å². The van der Waals surface area contributed by atoms with Gasteiger partial charge in [-0.25, -0.2) is 4.48 Å². The summed E-state index contributed by atoms with van der Waals surface area (Å²) in [6.07, 6.45) is 4.90. The molecule has 26 heavy (non-hydrogen) atoms. The topological polar surface area (TPSA) is 44.6 Å². The Bertz CT molecular complexity index is 743. The molecule has 1 aromatic rings. The molecule has 0 amide bonds. The van der Waals surface area contributed by atoms with Gasteiger partial charge in [0.05, 0.1) is 12.1 Å². The van der Waals surface area contributed by atoms with E-state index in [1.807, 2.05) is 0 Å². The number of fused-ring (bicyclic) bond motifs is 1. The summed E-state index contributed by atoms with van der Waals surface area (Å²) in [4.78, 5) is 19.1. The normalized spacial score (nSPS) is 21.2. The third-order valence-corrected chi connectivity index (χ3v) is 6.35. The number of nitrogens with zero attached hydrogens (tertiary/aromatic N) is 6. The van der Waals surface area contributed by atoms with Crippen molar-refractivity contribution in [3.63, 3.8) is 0 Å². The Kier molecular flexibility index (Phi) is 4.19. The van der Waals surface area contributed by atoms with E-state index in [-0.39, 0.29) is 0 Å². The zero-order valence-corrected chi connectivity index (χ0v) is 17.5. The molecule has 0 saturated heterocycles. The van der Waals surface area contributed by atoms with Crippen molar-refractivity contribution in [2.45, 2.75) is 77.5 Å². The van der Waals surface area contributed by atoms with Gasteiger partial charge < -0.3 is 9.80 Å². The fraction of sp³-hybridized carbons (Fsp3) is 0.737. The van der Waals surface area contributed by atoms with Crippen LogP contribution in [0.5, 0.6) is 0 Å². The van der Waals surface area contributed by atoms with Gasteiger partial charge in [0.2, 0.25) is 5.28 Å². The number of aliphatic imine (C=N–C) groups is 1. The summed E-state index contributed by atoms with van der Waals surface area (Å²) in [5.41, 5.74) is 0.911. The first kappa shape index (κ1) is 18.0. The van der Waals surface area contributed by atoms with Gasteiger partial charge in [-0.2, -0.15) is 15.0 Å². The second-order valence-corrected chi connectivity index (χ2v) is 8.89. The lowest BCUT2D eigenvalue weighted by Gasteiger charge is -2.43. The average molecular weight is 378 g/mol. The van der Waals surface area contributed by atoms with E-state index < -0.39 is 0 Å². The van der Waals surface area contributed by atoms with Crippen molar-refractivity contribution in [3.05, 3.63) is 5.28 Å². The first-order valence-corrected chi connectivity index (χ1v) is 10.2. The van der Waals surface area contributed by atoms with Crippen LogP contribution in [-0.4, -0.2) is 59.1 Å². The van der Waals surface area contributed by atoms with Crippen molar-refractivity contribution >= 4 is 34.9 Å². The Morgan fingerprint density at radius 1 is 0.923 bits per heavy atom. The maximum Gasteiger partial charge on any atom is 0.312 e. The van der Waals surface area contributed by atoms with Crippen LogP contribution >= 0.6 is 11.6 Å². The standard InChI is InChI=1S/C19H30ClN6/c1-11(2)26(12(3)4)17-15(21-19(26)25(6)14-9-10-14)16(22-18(20)23-17)24(5)13-7-8-13/h11-14H,7-10H2,1-6H3/q+1. The van der Waals surface area contributed by atoms with Crippen LogP contribution in [0.15, 0.2) is 4.99 Å². The maximum atomic E-state index is 6.41. The van der Waals surface area contributed by atoms with Crippen LogP contribution in [0.2, 0.25) is 5.28 Å². The predicted octanol–water partition coefficient (Wildman–Crippen LogP) is 3.95. The molecule has 2 saturated carbocycles. The number of rotatable bonds is 5. The Morgan fingerprint density at radius 2 is 1.46 bits per heavy atom. The van der Waals surface area contributed by atoms with Crippen molar-refractivity contribution in [1.29, 1.82) is 0 Å². The highest BCUT2D eigenvalue weighted by Gasteiger charge is 2.55. The number of halogens is 1. The lowest BCUT2D eigenvalue weighted by Crippen LogP contribution is -2.66. The molecule has 0 N–H and O–H groups in total. The zero-order chi connectivity index (χ0) is 18.8. The summed E-state index contributed by atoms with van der Waals surface area (Å²) < 4.78 is 0.635. The van der Waals surface area contributed by atoms with Gasteiger partial charge in [-0.3, -0.25) is 0 Å². The van der Waals surface area contributed by atoms with Crippen LogP contribution in [0.4, 0.5) is 17.3 Å². The van der Waals surface area contributed by atoms with Crippen molar-refractivity contribution in [1.82, 2.24) is 19.4 Å². The molecule has 0 unspecified atom stereocenters. The fourth-order valence-electron chi connectivity index (χ4n) is 4.43. The summed E-state index contributed by atoms with van der Waals surface area (Å²) in [6.45, 7) is 9.02. The summed E-state index contributed by atoms with van der Waals surface area (Å²) in [7, 11) is 4.29. The molecule has 1 aromatic heterocycles. The molecule has 1 aliphatic heterocycles. The summed E-state index contributed by atoms with van der Waals surface area (Å²) in [5.74, 6) is 2.93. The largest absolute Gasteiger partial charge is 0.355 e. The van der Waals surface area contributed by atoms with E-state index in [0.717, 1.165) is 23.3 Å². The van der Waals surface area contributed by atoms with E-state index >= 15 is 0 Å². The molecule has 0 aromatic carbocycles. The van der Waals surface area contributed by atoms with Gasteiger partial charge in [0.25, 0.3) is 5.82 Å². The molecule has 2 heterocycles. The van der Waals surface area contributed by atoms with Crippen LogP contribution in [0.25, 0.3) is 0 Å². The van der Waals surface area contributed by atoms with E-state index in [0.29, 0.717) is 33.9 Å². The van der Waals surface area contributed by atoms with Gasteiger partial charge in [-0.15, -0.1) is 0 Å². The summed E-state index contributed by atoms with van der Waals surface area (Å²) in [5, 5.41) is 0.320. The van der Waals surface area contributed by atoms with E-state index in [1.165, 1.54) is 25.7 Å². The lowest BCUT2D eigenvalue weighted by atomic mass is 10.1. The maximum absolute atomic E-state index is 6.41. The summed E-state index contributed by atoms with van der Waals surface area (Å²) in [6, 6.07) is 1.75. The molecule has 0 spiro atoms. The molecule has 0 radical (unpaired) electrons. The van der Waals surface area contributed by atoms with Crippen molar-refractivity contribution < 1.29 is 0 Å². The molecule has 142 valence electrons. The highest BCUT2D eigenvalue weighted by molar-refractivity contribution is 6.28. The SMILES string of the molecule is CC(C)[N+]1(C(C)C)C(N(C)C2CC2)=Nc2c(N(C)C3CC3)nc(Cl)nc21. The smallest absolute Gasteiger partial charge is 0.312 e. The van der Waals surface area contributed by atoms with E-state index in [1.54, 1.807) is 0 Å². The van der Waals surface area contributed by atoms with Crippen LogP contribution in [-0.2, 0) is 0 Å². The molecule has 0 bridgehead atoms. The van der Waals surface area contributed by atoms with Crippen LogP contribution in [0, 0.1) is 0 Å². The number of hydrogen-bond acceptors (Lipinski definition) is 5. The minimum absolute atomic E-state index is 0.307. The van der Waals surface area contributed by atoms with Crippen molar-refractivity contribution in [2.24, 2.45) is 4.99 Å². The molecule has 2 fully saturated rings. The number of hydrogen-bond donors (Lipinski definition) is 0. The van der Waals surface area contributed by atoms with Gasteiger partial charge in [-0.05, 0) is 65.0 Å². The first-order valence-electron chi connectivity index (χ1n) is 9.79. The molecule has 3 aliphatic rings. The Hall–Kier alpha value is -1.40. The number of quaternary nitrogens is 1. The Balaban J connectivity index is 1.93. The molecular formula is C19H30ClN6+. The monoisotopic (exact) mass is 377 g/mol. The highest BCUT2D eigenvalue weighted by atomic mass is 35.5. The zero-order valence-electron chi connectivity index (χ0n) is 16.7. The lowest BCUT2D eigenvalue weighted by molar-refractivity contribution is 0.250. The molecule has 4 rings (SSSR count). The second-order valence-electron chi connectivity index (χ2n) is 8.55. The quantitative estimate of drug-likeness (QED) is 0.575. The molecule has 6 nitrogen and oxygen atoms in total. The molecule has 7 heteroatoms. The first-order chi connectivity index (χ1) is 12.3. The molecule has 2 aliphatic carbocycles. The van der Waals surface area contributed by atoms with Gasteiger partial charge in [-0.1, -0.05) is 0 Å². The number of anilines is 1. The highest BCUT2D eigenvalue weighted by Crippen LogP contribution is 2.50. The fourth-order valence-corrected chi connectivity index (χ4v) is 4.59. The minimum Gasteiger partial charge on any atom is -0.355 e. The van der Waals surface area contributed by atoms with Crippen molar-refractivity contribution in [2.75, 3.05) is 19.0 Å². The number of guanidine groups is 1. The van der Waals surface area contributed by atoms with Crippen molar-refractivity contribution in [3.8, 4) is 0 Å². The third-order valence-electron chi connectivity index (χ3n) is 6.18. The van der Waals surface area contributed by atoms with Gasteiger partial charge >= 0.3 is 5.96 Å². The van der Waals surface area contributed by atoms with Gasteiger partial charge in [0.1, 0.15) is 0 Å². The van der Waals surface area contributed by atoms with Gasteiger partial charge in [0, 0.05) is 26.2 Å². The van der Waals surface area contributed by atoms with Crippen LogP contribution in [0.3, 0.4) is 0 Å². The molecule has 0 atom stereocenters. The Labute approximate surface area is 161 Å².